The Morgan fingerprint density at radius 2 is 2.33 bits per heavy atom. The van der Waals surface area contributed by atoms with Crippen molar-refractivity contribution in [2.24, 2.45) is 0 Å². The van der Waals surface area contributed by atoms with Crippen LogP contribution in [-0.4, -0.2) is 46.3 Å². The van der Waals surface area contributed by atoms with Crippen molar-refractivity contribution in [1.82, 2.24) is 15.4 Å². The van der Waals surface area contributed by atoms with E-state index in [1.165, 1.54) is 23.1 Å². The summed E-state index contributed by atoms with van der Waals surface area (Å²) in [5, 5.41) is 18.2. The van der Waals surface area contributed by atoms with Crippen LogP contribution in [0.25, 0.3) is 0 Å². The molecule has 2 heterocycles. The standard InChI is InChI=1S/C14H21N5O3S2/c1-4-21-7-5-6-15-13-17-18-14(24-13)23-10(3)12(20)16-11-8-9(2)22-19-11/h8,10H,4-7H2,1-3H3,(H,15,17)(H,16,19,20). The Balaban J connectivity index is 1.75. The Hall–Kier alpha value is -1.65. The number of ether oxygens (including phenoxy) is 1. The van der Waals surface area contributed by atoms with Crippen molar-refractivity contribution in [3.05, 3.63) is 11.8 Å². The van der Waals surface area contributed by atoms with E-state index in [-0.39, 0.29) is 11.2 Å². The molecule has 24 heavy (non-hydrogen) atoms. The largest absolute Gasteiger partial charge is 0.382 e. The maximum Gasteiger partial charge on any atom is 0.238 e. The van der Waals surface area contributed by atoms with Crippen LogP contribution in [0.1, 0.15) is 26.0 Å². The van der Waals surface area contributed by atoms with Crippen LogP contribution >= 0.6 is 23.1 Å². The summed E-state index contributed by atoms with van der Waals surface area (Å²) in [5.41, 5.74) is 0. The predicted molar refractivity (Wildman–Crippen MR) is 94.7 cm³/mol. The average molecular weight is 371 g/mol. The van der Waals surface area contributed by atoms with Crippen LogP contribution in [0, 0.1) is 6.92 Å². The molecule has 1 amide bonds. The monoisotopic (exact) mass is 371 g/mol. The number of carbonyl (C=O) groups excluding carboxylic acids is 1. The predicted octanol–water partition coefficient (Wildman–Crippen LogP) is 2.79. The lowest BCUT2D eigenvalue weighted by atomic mass is 10.4. The molecule has 0 bridgehead atoms. The van der Waals surface area contributed by atoms with Crippen molar-refractivity contribution in [2.45, 2.75) is 36.8 Å². The molecule has 2 aromatic rings. The van der Waals surface area contributed by atoms with E-state index < -0.39 is 0 Å². The van der Waals surface area contributed by atoms with Gasteiger partial charge in [-0.05, 0) is 27.2 Å². The van der Waals surface area contributed by atoms with Gasteiger partial charge in [0, 0.05) is 25.8 Å². The van der Waals surface area contributed by atoms with Crippen molar-refractivity contribution in [2.75, 3.05) is 30.4 Å². The molecule has 0 aliphatic heterocycles. The molecule has 8 nitrogen and oxygen atoms in total. The van der Waals surface area contributed by atoms with Gasteiger partial charge in [-0.25, -0.2) is 0 Å². The lowest BCUT2D eigenvalue weighted by Gasteiger charge is -2.07. The van der Waals surface area contributed by atoms with Gasteiger partial charge in [0.25, 0.3) is 0 Å². The number of hydrogen-bond acceptors (Lipinski definition) is 9. The molecule has 0 spiro atoms. The van der Waals surface area contributed by atoms with E-state index in [9.17, 15) is 4.79 Å². The van der Waals surface area contributed by atoms with Crippen LogP contribution in [-0.2, 0) is 9.53 Å². The van der Waals surface area contributed by atoms with E-state index in [2.05, 4.69) is 26.0 Å². The molecule has 2 N–H and O–H groups in total. The molecule has 0 fully saturated rings. The molecular formula is C14H21N5O3S2. The summed E-state index contributed by atoms with van der Waals surface area (Å²) in [4.78, 5) is 12.1. The van der Waals surface area contributed by atoms with Crippen molar-refractivity contribution in [3.8, 4) is 0 Å². The zero-order chi connectivity index (χ0) is 17.4. The zero-order valence-corrected chi connectivity index (χ0v) is 15.5. The normalized spacial score (nSPS) is 12.1. The first kappa shape index (κ1) is 18.7. The smallest absolute Gasteiger partial charge is 0.238 e. The van der Waals surface area contributed by atoms with E-state index in [0.717, 1.165) is 35.7 Å². The first-order valence-corrected chi connectivity index (χ1v) is 9.34. The highest BCUT2D eigenvalue weighted by molar-refractivity contribution is 8.02. The number of thioether (sulfide) groups is 1. The van der Waals surface area contributed by atoms with Crippen LogP contribution in [0.15, 0.2) is 14.9 Å². The Morgan fingerprint density at radius 1 is 1.50 bits per heavy atom. The molecule has 0 aliphatic carbocycles. The third-order valence-electron chi connectivity index (χ3n) is 2.88. The number of hydrogen-bond donors (Lipinski definition) is 2. The molecule has 2 rings (SSSR count). The van der Waals surface area contributed by atoms with E-state index in [0.29, 0.717) is 11.6 Å². The average Bonchev–Trinajstić information content (AvgIpc) is 3.16. The number of nitrogens with one attached hydrogen (secondary N) is 2. The summed E-state index contributed by atoms with van der Waals surface area (Å²) < 4.78 is 10.9. The van der Waals surface area contributed by atoms with Crippen molar-refractivity contribution in [1.29, 1.82) is 0 Å². The molecule has 10 heteroatoms. The van der Waals surface area contributed by atoms with Gasteiger partial charge in [-0.15, -0.1) is 10.2 Å². The maximum atomic E-state index is 12.1. The highest BCUT2D eigenvalue weighted by Gasteiger charge is 2.18. The second-order valence-electron chi connectivity index (χ2n) is 4.92. The van der Waals surface area contributed by atoms with Gasteiger partial charge in [0.1, 0.15) is 5.76 Å². The number of carbonyl (C=O) groups is 1. The minimum absolute atomic E-state index is 0.158. The van der Waals surface area contributed by atoms with E-state index in [4.69, 9.17) is 9.26 Å². The van der Waals surface area contributed by atoms with Crippen molar-refractivity contribution < 1.29 is 14.1 Å². The number of rotatable bonds is 10. The number of anilines is 2. The quantitative estimate of drug-likeness (QED) is 0.485. The number of aryl methyl sites for hydroxylation is 1. The van der Waals surface area contributed by atoms with Gasteiger partial charge in [0.05, 0.1) is 5.25 Å². The van der Waals surface area contributed by atoms with Gasteiger partial charge in [-0.3, -0.25) is 4.79 Å². The van der Waals surface area contributed by atoms with Gasteiger partial charge in [0.2, 0.25) is 11.0 Å². The fourth-order valence-corrected chi connectivity index (χ4v) is 3.62. The van der Waals surface area contributed by atoms with Crippen LogP contribution in [0.2, 0.25) is 0 Å². The van der Waals surface area contributed by atoms with Gasteiger partial charge in [-0.2, -0.15) is 0 Å². The fourth-order valence-electron chi connectivity index (χ4n) is 1.70. The molecule has 1 unspecified atom stereocenters. The van der Waals surface area contributed by atoms with Gasteiger partial charge in [0.15, 0.2) is 10.2 Å². The summed E-state index contributed by atoms with van der Waals surface area (Å²) in [7, 11) is 0. The van der Waals surface area contributed by atoms with Crippen molar-refractivity contribution in [3.63, 3.8) is 0 Å². The third kappa shape index (κ3) is 6.10. The minimum Gasteiger partial charge on any atom is -0.382 e. The number of aromatic nitrogens is 3. The Kier molecular flexibility index (Phi) is 7.47. The van der Waals surface area contributed by atoms with Crippen LogP contribution in [0.4, 0.5) is 10.9 Å². The molecule has 0 aromatic carbocycles. The van der Waals surface area contributed by atoms with Crippen LogP contribution in [0.5, 0.6) is 0 Å². The Morgan fingerprint density at radius 3 is 3.04 bits per heavy atom. The van der Waals surface area contributed by atoms with Gasteiger partial charge < -0.3 is 19.9 Å². The van der Waals surface area contributed by atoms with E-state index >= 15 is 0 Å². The summed E-state index contributed by atoms with van der Waals surface area (Å²) in [6, 6.07) is 1.67. The first-order valence-electron chi connectivity index (χ1n) is 7.64. The Bertz CT molecular complexity index is 646. The summed E-state index contributed by atoms with van der Waals surface area (Å²) >= 11 is 2.78. The lowest BCUT2D eigenvalue weighted by molar-refractivity contribution is -0.115. The topological polar surface area (TPSA) is 102 Å². The highest BCUT2D eigenvalue weighted by Crippen LogP contribution is 2.29. The highest BCUT2D eigenvalue weighted by atomic mass is 32.2. The molecule has 0 radical (unpaired) electrons. The lowest BCUT2D eigenvalue weighted by Crippen LogP contribution is -2.22. The first-order chi connectivity index (χ1) is 11.6. The van der Waals surface area contributed by atoms with Crippen LogP contribution in [0.3, 0.4) is 0 Å². The molecule has 0 saturated carbocycles. The van der Waals surface area contributed by atoms with E-state index in [1.807, 2.05) is 13.8 Å². The second kappa shape index (κ2) is 9.60. The molecular weight excluding hydrogens is 350 g/mol. The maximum absolute atomic E-state index is 12.1. The summed E-state index contributed by atoms with van der Waals surface area (Å²) in [6.07, 6.45) is 0.909. The third-order valence-corrected chi connectivity index (χ3v) is 4.94. The van der Waals surface area contributed by atoms with Crippen LogP contribution < -0.4 is 10.6 Å². The molecule has 132 valence electrons. The number of nitrogens with zero attached hydrogens (tertiary/aromatic N) is 3. The Labute approximate surface area is 148 Å². The fraction of sp³-hybridized carbons (Fsp3) is 0.571. The molecule has 0 aliphatic rings. The second-order valence-corrected chi connectivity index (χ2v) is 7.49. The summed E-state index contributed by atoms with van der Waals surface area (Å²) in [6.45, 7) is 7.79. The summed E-state index contributed by atoms with van der Waals surface area (Å²) in [5.74, 6) is 0.906. The minimum atomic E-state index is -0.319. The van der Waals surface area contributed by atoms with Gasteiger partial charge >= 0.3 is 0 Å². The van der Waals surface area contributed by atoms with Crippen molar-refractivity contribution >= 4 is 40.0 Å². The number of amides is 1. The molecule has 2 aromatic heterocycles. The SMILES string of the molecule is CCOCCCNc1nnc(SC(C)C(=O)Nc2cc(C)on2)s1. The molecule has 1 atom stereocenters. The van der Waals surface area contributed by atoms with Gasteiger partial charge in [-0.1, -0.05) is 28.3 Å². The van der Waals surface area contributed by atoms with E-state index in [1.54, 1.807) is 13.0 Å². The molecule has 0 saturated heterocycles. The zero-order valence-electron chi connectivity index (χ0n) is 13.9.